The summed E-state index contributed by atoms with van der Waals surface area (Å²) in [6, 6.07) is 1.67. The van der Waals surface area contributed by atoms with Gasteiger partial charge in [-0.3, -0.25) is 4.79 Å². The van der Waals surface area contributed by atoms with E-state index >= 15 is 0 Å². The fraction of sp³-hybridized carbons (Fsp3) is 0.300. The molecule has 0 saturated heterocycles. The maximum atomic E-state index is 13.7. The van der Waals surface area contributed by atoms with E-state index in [-0.39, 0.29) is 13.0 Å². The fourth-order valence-corrected chi connectivity index (χ4v) is 2.21. The summed E-state index contributed by atoms with van der Waals surface area (Å²) >= 11 is 0. The van der Waals surface area contributed by atoms with Crippen molar-refractivity contribution in [3.05, 3.63) is 29.3 Å². The number of benzene rings is 1. The summed E-state index contributed by atoms with van der Waals surface area (Å²) in [6.07, 6.45) is 0.539. The number of carbonyl (C=O) groups excluding carboxylic acids is 1. The molecule has 0 bridgehead atoms. The monoisotopic (exact) mass is 263 g/mol. The Morgan fingerprint density at radius 2 is 1.94 bits per heavy atom. The first-order chi connectivity index (χ1) is 7.79. The van der Waals surface area contributed by atoms with E-state index in [1.807, 2.05) is 0 Å². The lowest BCUT2D eigenvalue weighted by molar-refractivity contribution is 0.0981. The van der Waals surface area contributed by atoms with Crippen molar-refractivity contribution in [1.82, 2.24) is 0 Å². The fourth-order valence-electron chi connectivity index (χ4n) is 1.35. The molecular weight excluding hydrogens is 252 g/mol. The summed E-state index contributed by atoms with van der Waals surface area (Å²) < 4.78 is 49.3. The maximum absolute atomic E-state index is 13.7. The van der Waals surface area contributed by atoms with Crippen LogP contribution in [0.4, 0.5) is 8.78 Å². The Labute approximate surface area is 97.3 Å². The summed E-state index contributed by atoms with van der Waals surface area (Å²) in [7, 11) is -4.07. The molecule has 0 saturated carbocycles. The van der Waals surface area contributed by atoms with Gasteiger partial charge in [0.1, 0.15) is 10.7 Å². The number of hydrogen-bond donors (Lipinski definition) is 1. The van der Waals surface area contributed by atoms with E-state index in [1.54, 1.807) is 0 Å². The van der Waals surface area contributed by atoms with Crippen molar-refractivity contribution < 1.29 is 22.0 Å². The molecule has 7 heteroatoms. The molecule has 0 fully saturated rings. The normalized spacial score (nSPS) is 11.5. The van der Waals surface area contributed by atoms with Gasteiger partial charge in [0, 0.05) is 12.7 Å². The lowest BCUT2D eigenvalue weighted by Gasteiger charge is -2.07. The van der Waals surface area contributed by atoms with Gasteiger partial charge in [-0.2, -0.15) is 0 Å². The van der Waals surface area contributed by atoms with Crippen LogP contribution < -0.4 is 5.73 Å². The molecular formula is C10H11F2NO3S. The SMILES string of the molecule is CS(=O)(=O)c1c(F)ccc(C(=O)CCN)c1F. The van der Waals surface area contributed by atoms with Crippen molar-refractivity contribution in [3.8, 4) is 0 Å². The maximum Gasteiger partial charge on any atom is 0.181 e. The summed E-state index contributed by atoms with van der Waals surface area (Å²) in [5, 5.41) is 0. The van der Waals surface area contributed by atoms with Crippen LogP contribution in [0.2, 0.25) is 0 Å². The summed E-state index contributed by atoms with van der Waals surface area (Å²) in [4.78, 5) is 10.3. The van der Waals surface area contributed by atoms with E-state index in [0.29, 0.717) is 6.26 Å². The second kappa shape index (κ2) is 4.89. The molecule has 1 rings (SSSR count). The number of Topliss-reactive ketones (excluding diaryl/α,β-unsaturated/α-hetero) is 1. The second-order valence-corrected chi connectivity index (χ2v) is 5.42. The van der Waals surface area contributed by atoms with Crippen molar-refractivity contribution in [1.29, 1.82) is 0 Å². The number of nitrogens with two attached hydrogens (primary N) is 1. The third kappa shape index (κ3) is 2.86. The number of hydrogen-bond acceptors (Lipinski definition) is 4. The lowest BCUT2D eigenvalue weighted by Crippen LogP contribution is -2.13. The highest BCUT2D eigenvalue weighted by molar-refractivity contribution is 7.90. The quantitative estimate of drug-likeness (QED) is 0.819. The average molecular weight is 263 g/mol. The van der Waals surface area contributed by atoms with Gasteiger partial charge >= 0.3 is 0 Å². The molecule has 17 heavy (non-hydrogen) atoms. The third-order valence-electron chi connectivity index (χ3n) is 2.09. The van der Waals surface area contributed by atoms with E-state index < -0.39 is 37.7 Å². The summed E-state index contributed by atoms with van der Waals surface area (Å²) in [6.45, 7) is 0.00383. The third-order valence-corrected chi connectivity index (χ3v) is 3.21. The van der Waals surface area contributed by atoms with Crippen LogP contribution in [0.25, 0.3) is 0 Å². The highest BCUT2D eigenvalue weighted by Gasteiger charge is 2.24. The molecule has 1 aromatic carbocycles. The van der Waals surface area contributed by atoms with E-state index in [4.69, 9.17) is 5.73 Å². The zero-order valence-corrected chi connectivity index (χ0v) is 9.85. The Morgan fingerprint density at radius 1 is 1.35 bits per heavy atom. The van der Waals surface area contributed by atoms with Gasteiger partial charge in [0.2, 0.25) is 0 Å². The minimum atomic E-state index is -4.07. The van der Waals surface area contributed by atoms with Crippen LogP contribution in [0, 0.1) is 11.6 Å². The first-order valence-corrected chi connectivity index (χ1v) is 6.59. The minimum absolute atomic E-state index is 0.00383. The number of ketones is 1. The zero-order valence-electron chi connectivity index (χ0n) is 9.04. The molecule has 4 nitrogen and oxygen atoms in total. The summed E-state index contributed by atoms with van der Waals surface area (Å²) in [5.74, 6) is -3.23. The largest absolute Gasteiger partial charge is 0.330 e. The first kappa shape index (κ1) is 13.7. The van der Waals surface area contributed by atoms with Crippen molar-refractivity contribution in [3.63, 3.8) is 0 Å². The molecule has 0 unspecified atom stereocenters. The molecule has 94 valence electrons. The Hall–Kier alpha value is -1.34. The van der Waals surface area contributed by atoms with E-state index in [0.717, 1.165) is 12.1 Å². The predicted molar refractivity (Wildman–Crippen MR) is 57.5 cm³/mol. The van der Waals surface area contributed by atoms with Crippen LogP contribution in [0.5, 0.6) is 0 Å². The molecule has 0 aliphatic carbocycles. The van der Waals surface area contributed by atoms with Crippen LogP contribution in [0.3, 0.4) is 0 Å². The Balaban J connectivity index is 3.45. The van der Waals surface area contributed by atoms with Crippen LogP contribution in [0.1, 0.15) is 16.8 Å². The van der Waals surface area contributed by atoms with Gasteiger partial charge < -0.3 is 5.73 Å². The molecule has 0 radical (unpaired) electrons. The second-order valence-electron chi connectivity index (χ2n) is 3.47. The van der Waals surface area contributed by atoms with Gasteiger partial charge in [-0.25, -0.2) is 17.2 Å². The highest BCUT2D eigenvalue weighted by Crippen LogP contribution is 2.22. The molecule has 0 spiro atoms. The van der Waals surface area contributed by atoms with Crippen molar-refractivity contribution in [2.24, 2.45) is 5.73 Å². The van der Waals surface area contributed by atoms with Crippen LogP contribution in [-0.4, -0.2) is 27.0 Å². The summed E-state index contributed by atoms with van der Waals surface area (Å²) in [5.41, 5.74) is 4.67. The van der Waals surface area contributed by atoms with Crippen molar-refractivity contribution >= 4 is 15.6 Å². The molecule has 0 heterocycles. The molecule has 1 aromatic rings. The topological polar surface area (TPSA) is 77.2 Å². The molecule has 0 atom stereocenters. The van der Waals surface area contributed by atoms with Crippen LogP contribution >= 0.6 is 0 Å². The van der Waals surface area contributed by atoms with Gasteiger partial charge in [0.25, 0.3) is 0 Å². The van der Waals surface area contributed by atoms with Gasteiger partial charge in [-0.1, -0.05) is 0 Å². The molecule has 0 aliphatic heterocycles. The Kier molecular flexibility index (Phi) is 3.94. The van der Waals surface area contributed by atoms with E-state index in [1.165, 1.54) is 0 Å². The molecule has 0 amide bonds. The molecule has 2 N–H and O–H groups in total. The van der Waals surface area contributed by atoms with Crippen molar-refractivity contribution in [2.45, 2.75) is 11.3 Å². The lowest BCUT2D eigenvalue weighted by atomic mass is 10.1. The Bertz CT molecular complexity index is 555. The molecule has 0 aliphatic rings. The predicted octanol–water partition coefficient (Wildman–Crippen LogP) is 0.900. The smallest absolute Gasteiger partial charge is 0.181 e. The molecule has 0 aromatic heterocycles. The van der Waals surface area contributed by atoms with Gasteiger partial charge in [0.15, 0.2) is 21.4 Å². The van der Waals surface area contributed by atoms with E-state index in [9.17, 15) is 22.0 Å². The first-order valence-electron chi connectivity index (χ1n) is 4.70. The van der Waals surface area contributed by atoms with Crippen molar-refractivity contribution in [2.75, 3.05) is 12.8 Å². The average Bonchev–Trinajstić information content (AvgIpc) is 2.15. The number of halogens is 2. The minimum Gasteiger partial charge on any atom is -0.330 e. The standard InChI is InChI=1S/C10H11F2NO3S/c1-17(15,16)10-7(11)3-2-6(9(10)12)8(14)4-5-13/h2-3H,4-5,13H2,1H3. The Morgan fingerprint density at radius 3 is 2.41 bits per heavy atom. The number of rotatable bonds is 4. The van der Waals surface area contributed by atoms with Gasteiger partial charge in [-0.15, -0.1) is 0 Å². The number of sulfone groups is 1. The zero-order chi connectivity index (χ0) is 13.2. The highest BCUT2D eigenvalue weighted by atomic mass is 32.2. The van der Waals surface area contributed by atoms with Gasteiger partial charge in [-0.05, 0) is 18.7 Å². The van der Waals surface area contributed by atoms with Crippen LogP contribution in [0.15, 0.2) is 17.0 Å². The van der Waals surface area contributed by atoms with Gasteiger partial charge in [0.05, 0.1) is 5.56 Å². The van der Waals surface area contributed by atoms with E-state index in [2.05, 4.69) is 0 Å². The van der Waals surface area contributed by atoms with Crippen LogP contribution in [-0.2, 0) is 9.84 Å². The number of carbonyl (C=O) groups is 1.